The molecule has 0 amide bonds. The van der Waals surface area contributed by atoms with E-state index in [1.54, 1.807) is 18.2 Å². The Morgan fingerprint density at radius 3 is 2.78 bits per heavy atom. The van der Waals surface area contributed by atoms with Crippen molar-refractivity contribution in [2.75, 3.05) is 17.6 Å². The Labute approximate surface area is 99.4 Å². The van der Waals surface area contributed by atoms with Gasteiger partial charge in [-0.05, 0) is 12.1 Å². The van der Waals surface area contributed by atoms with Crippen molar-refractivity contribution in [2.45, 2.75) is 12.3 Å². The number of nitrogen functional groups attached to an aromatic ring is 1. The van der Waals surface area contributed by atoms with Gasteiger partial charge in [-0.25, -0.2) is 0 Å². The summed E-state index contributed by atoms with van der Waals surface area (Å²) in [6, 6.07) is 4.70. The summed E-state index contributed by atoms with van der Waals surface area (Å²) in [7, 11) is 0. The molecule has 2 aromatic rings. The Balaban J connectivity index is 2.11. The highest BCUT2D eigenvalue weighted by molar-refractivity contribution is 5.86. The maximum absolute atomic E-state index is 12.1. The van der Waals surface area contributed by atoms with Crippen LogP contribution in [0.4, 0.5) is 24.9 Å². The number of hydrogen-bond donors (Lipinski definition) is 3. The molecule has 5 nitrogen and oxygen atoms in total. The Bertz CT molecular complexity index is 553. The standard InChI is InChI=1S/C10H10F3N3O2/c11-10(12,13)7(17)4-15-9-16-8-5(14)2-1-3-6(8)18-9/h1-3,7,17H,4,14H2,(H,15,16). The molecule has 0 bridgehead atoms. The molecule has 1 aromatic heterocycles. The molecule has 2 rings (SSSR count). The minimum Gasteiger partial charge on any atom is -0.423 e. The number of rotatable bonds is 3. The van der Waals surface area contributed by atoms with E-state index in [-0.39, 0.29) is 6.01 Å². The topological polar surface area (TPSA) is 84.3 Å². The monoisotopic (exact) mass is 261 g/mol. The number of nitrogens with one attached hydrogen (secondary N) is 1. The van der Waals surface area contributed by atoms with E-state index >= 15 is 0 Å². The Morgan fingerprint density at radius 2 is 2.17 bits per heavy atom. The van der Waals surface area contributed by atoms with Gasteiger partial charge in [0.2, 0.25) is 0 Å². The third-order valence-electron chi connectivity index (χ3n) is 2.27. The van der Waals surface area contributed by atoms with Crippen LogP contribution in [0, 0.1) is 0 Å². The van der Waals surface area contributed by atoms with E-state index in [0.29, 0.717) is 16.8 Å². The summed E-state index contributed by atoms with van der Waals surface area (Å²) in [5.41, 5.74) is 6.70. The number of aliphatic hydroxyl groups excluding tert-OH is 1. The molecule has 0 saturated carbocycles. The maximum atomic E-state index is 12.1. The predicted octanol–water partition coefficient (Wildman–Crippen LogP) is 1.75. The molecule has 1 unspecified atom stereocenters. The van der Waals surface area contributed by atoms with E-state index in [1.807, 2.05) is 0 Å². The smallest absolute Gasteiger partial charge is 0.416 e. The fourth-order valence-electron chi connectivity index (χ4n) is 1.35. The molecule has 4 N–H and O–H groups in total. The predicted molar refractivity (Wildman–Crippen MR) is 59.0 cm³/mol. The molecule has 1 aromatic carbocycles. The third-order valence-corrected chi connectivity index (χ3v) is 2.27. The number of oxazole rings is 1. The summed E-state index contributed by atoms with van der Waals surface area (Å²) in [5, 5.41) is 11.1. The van der Waals surface area contributed by atoms with Crippen LogP contribution in [0.2, 0.25) is 0 Å². The lowest BCUT2D eigenvalue weighted by Crippen LogP contribution is -2.35. The Kier molecular flexibility index (Phi) is 3.04. The highest BCUT2D eigenvalue weighted by atomic mass is 19.4. The lowest BCUT2D eigenvalue weighted by atomic mass is 10.3. The second-order valence-electron chi connectivity index (χ2n) is 3.65. The van der Waals surface area contributed by atoms with E-state index in [4.69, 9.17) is 15.3 Å². The fraction of sp³-hybridized carbons (Fsp3) is 0.300. The SMILES string of the molecule is Nc1cccc2oc(NCC(O)C(F)(F)F)nc12. The van der Waals surface area contributed by atoms with Crippen LogP contribution in [0.15, 0.2) is 22.6 Å². The largest absolute Gasteiger partial charge is 0.423 e. The molecule has 18 heavy (non-hydrogen) atoms. The first-order chi connectivity index (χ1) is 8.38. The molecular weight excluding hydrogens is 251 g/mol. The lowest BCUT2D eigenvalue weighted by molar-refractivity contribution is -0.198. The van der Waals surface area contributed by atoms with E-state index < -0.39 is 18.8 Å². The van der Waals surface area contributed by atoms with Gasteiger partial charge in [-0.3, -0.25) is 0 Å². The summed E-state index contributed by atoms with van der Waals surface area (Å²) in [4.78, 5) is 3.89. The van der Waals surface area contributed by atoms with Crippen LogP contribution in [-0.2, 0) is 0 Å². The van der Waals surface area contributed by atoms with E-state index in [1.165, 1.54) is 0 Å². The molecular formula is C10H10F3N3O2. The van der Waals surface area contributed by atoms with Crippen molar-refractivity contribution >= 4 is 22.8 Å². The van der Waals surface area contributed by atoms with Crippen LogP contribution < -0.4 is 11.1 Å². The van der Waals surface area contributed by atoms with Gasteiger partial charge >= 0.3 is 6.18 Å². The number of para-hydroxylation sites is 1. The number of aliphatic hydroxyl groups is 1. The van der Waals surface area contributed by atoms with Crippen LogP contribution in [0.25, 0.3) is 11.1 Å². The van der Waals surface area contributed by atoms with Crippen LogP contribution in [0.1, 0.15) is 0 Å². The van der Waals surface area contributed by atoms with Gasteiger partial charge in [0.1, 0.15) is 5.52 Å². The number of nitrogens with two attached hydrogens (primary N) is 1. The average molecular weight is 261 g/mol. The van der Waals surface area contributed by atoms with Gasteiger partial charge in [-0.2, -0.15) is 18.2 Å². The van der Waals surface area contributed by atoms with Crippen LogP contribution in [-0.4, -0.2) is 28.9 Å². The highest BCUT2D eigenvalue weighted by Crippen LogP contribution is 2.24. The van der Waals surface area contributed by atoms with Crippen molar-refractivity contribution in [1.82, 2.24) is 4.98 Å². The summed E-state index contributed by atoms with van der Waals surface area (Å²) in [6.07, 6.45) is -7.16. The number of alkyl halides is 3. The van der Waals surface area contributed by atoms with Gasteiger partial charge in [-0.15, -0.1) is 0 Å². The molecule has 98 valence electrons. The summed E-state index contributed by atoms with van der Waals surface area (Å²) < 4.78 is 41.3. The second-order valence-corrected chi connectivity index (χ2v) is 3.65. The maximum Gasteiger partial charge on any atom is 0.416 e. The number of aromatic nitrogens is 1. The highest BCUT2D eigenvalue weighted by Gasteiger charge is 2.38. The van der Waals surface area contributed by atoms with Crippen LogP contribution in [0.3, 0.4) is 0 Å². The molecule has 0 aliphatic heterocycles. The van der Waals surface area contributed by atoms with E-state index in [2.05, 4.69) is 10.3 Å². The summed E-state index contributed by atoms with van der Waals surface area (Å²) in [5.74, 6) is 0. The number of benzene rings is 1. The Morgan fingerprint density at radius 1 is 1.44 bits per heavy atom. The number of halogens is 3. The molecule has 0 aliphatic carbocycles. The number of fused-ring (bicyclic) bond motifs is 1. The molecule has 8 heteroatoms. The van der Waals surface area contributed by atoms with Crippen molar-refractivity contribution in [3.05, 3.63) is 18.2 Å². The zero-order valence-electron chi connectivity index (χ0n) is 9.03. The first-order valence-corrected chi connectivity index (χ1v) is 5.01. The molecule has 1 heterocycles. The number of anilines is 2. The summed E-state index contributed by atoms with van der Waals surface area (Å²) in [6.45, 7) is -0.740. The van der Waals surface area contributed by atoms with Crippen molar-refractivity contribution in [3.8, 4) is 0 Å². The summed E-state index contributed by atoms with van der Waals surface area (Å²) >= 11 is 0. The fourth-order valence-corrected chi connectivity index (χ4v) is 1.35. The van der Waals surface area contributed by atoms with E-state index in [9.17, 15) is 13.2 Å². The van der Waals surface area contributed by atoms with Gasteiger partial charge in [0.05, 0.1) is 12.2 Å². The van der Waals surface area contributed by atoms with Crippen LogP contribution >= 0.6 is 0 Å². The van der Waals surface area contributed by atoms with Crippen molar-refractivity contribution in [3.63, 3.8) is 0 Å². The zero-order valence-corrected chi connectivity index (χ0v) is 9.03. The van der Waals surface area contributed by atoms with Crippen LogP contribution in [0.5, 0.6) is 0 Å². The second kappa shape index (κ2) is 4.37. The van der Waals surface area contributed by atoms with E-state index in [0.717, 1.165) is 0 Å². The third kappa shape index (κ3) is 2.48. The molecule has 0 aliphatic rings. The Hall–Kier alpha value is -1.96. The van der Waals surface area contributed by atoms with Gasteiger partial charge in [0, 0.05) is 0 Å². The zero-order chi connectivity index (χ0) is 13.3. The first kappa shape index (κ1) is 12.5. The number of nitrogens with zero attached hydrogens (tertiary/aromatic N) is 1. The molecule has 1 atom stereocenters. The van der Waals surface area contributed by atoms with Crippen molar-refractivity contribution in [2.24, 2.45) is 0 Å². The normalized spacial score (nSPS) is 13.8. The van der Waals surface area contributed by atoms with Gasteiger partial charge in [-0.1, -0.05) is 6.07 Å². The van der Waals surface area contributed by atoms with Gasteiger partial charge in [0.25, 0.3) is 6.01 Å². The number of hydrogen-bond acceptors (Lipinski definition) is 5. The quantitative estimate of drug-likeness (QED) is 0.733. The molecule has 0 fully saturated rings. The van der Waals surface area contributed by atoms with Gasteiger partial charge < -0.3 is 20.6 Å². The lowest BCUT2D eigenvalue weighted by Gasteiger charge is -2.13. The van der Waals surface area contributed by atoms with Gasteiger partial charge in [0.15, 0.2) is 11.7 Å². The van der Waals surface area contributed by atoms with Crippen molar-refractivity contribution < 1.29 is 22.7 Å². The molecule has 0 saturated heterocycles. The van der Waals surface area contributed by atoms with Crippen molar-refractivity contribution in [1.29, 1.82) is 0 Å². The molecule has 0 radical (unpaired) electrons. The minimum absolute atomic E-state index is 0.119. The first-order valence-electron chi connectivity index (χ1n) is 5.01. The molecule has 0 spiro atoms. The minimum atomic E-state index is -4.68. The average Bonchev–Trinajstić information content (AvgIpc) is 2.69.